The maximum Gasteiger partial charge on any atom is 0.254 e. The quantitative estimate of drug-likeness (QED) is 0.775. The van der Waals surface area contributed by atoms with Gasteiger partial charge in [0.2, 0.25) is 0 Å². The Hall–Kier alpha value is -2.18. The Morgan fingerprint density at radius 1 is 1.19 bits per heavy atom. The lowest BCUT2D eigenvalue weighted by molar-refractivity contribution is 0.753. The van der Waals surface area contributed by atoms with Crippen LogP contribution in [0.2, 0.25) is 5.02 Å². The molecule has 0 saturated carbocycles. The molecule has 21 heavy (non-hydrogen) atoms. The van der Waals surface area contributed by atoms with Crippen molar-refractivity contribution in [1.29, 1.82) is 0 Å². The number of hydrogen-bond donors (Lipinski definition) is 2. The van der Waals surface area contributed by atoms with Crippen LogP contribution in [0, 0.1) is 6.92 Å². The van der Waals surface area contributed by atoms with E-state index in [9.17, 15) is 0 Å². The first-order chi connectivity index (χ1) is 10.2. The van der Waals surface area contributed by atoms with Gasteiger partial charge >= 0.3 is 0 Å². The first-order valence-electron chi connectivity index (χ1n) is 6.56. The molecule has 0 saturated heterocycles. The molecule has 0 aliphatic rings. The lowest BCUT2D eigenvalue weighted by Gasteiger charge is -2.08. The van der Waals surface area contributed by atoms with Gasteiger partial charge in [0, 0.05) is 22.5 Å². The summed E-state index contributed by atoms with van der Waals surface area (Å²) in [6.07, 6.45) is 0. The molecule has 0 aliphatic heterocycles. The van der Waals surface area contributed by atoms with Gasteiger partial charge in [-0.2, -0.15) is 9.50 Å². The highest BCUT2D eigenvalue weighted by Crippen LogP contribution is 2.20. The Morgan fingerprint density at radius 2 is 1.95 bits per heavy atom. The maximum atomic E-state index is 5.90. The fraction of sp³-hybridized carbons (Fsp3) is 0.214. The molecule has 108 valence electrons. The predicted octanol–water partition coefficient (Wildman–Crippen LogP) is 2.55. The molecule has 0 unspecified atom stereocenters. The number of halogens is 1. The number of benzene rings is 1. The largest absolute Gasteiger partial charge is 0.340 e. The summed E-state index contributed by atoms with van der Waals surface area (Å²) in [5.41, 5.74) is 1.80. The van der Waals surface area contributed by atoms with E-state index in [1.165, 1.54) is 0 Å². The van der Waals surface area contributed by atoms with Gasteiger partial charge in [0.25, 0.3) is 5.78 Å². The third-order valence-corrected chi connectivity index (χ3v) is 3.19. The van der Waals surface area contributed by atoms with Crippen LogP contribution in [0.4, 0.5) is 11.5 Å². The van der Waals surface area contributed by atoms with Gasteiger partial charge in [0.05, 0.1) is 6.54 Å². The molecule has 7 heteroatoms. The Kier molecular flexibility index (Phi) is 3.72. The van der Waals surface area contributed by atoms with Gasteiger partial charge in [-0.1, -0.05) is 11.6 Å². The Bertz CT molecular complexity index is 765. The van der Waals surface area contributed by atoms with Crippen LogP contribution in [-0.4, -0.2) is 26.6 Å². The first-order valence-corrected chi connectivity index (χ1v) is 6.94. The van der Waals surface area contributed by atoms with Gasteiger partial charge < -0.3 is 10.6 Å². The first kappa shape index (κ1) is 13.8. The van der Waals surface area contributed by atoms with Gasteiger partial charge in [-0.15, -0.1) is 5.10 Å². The Balaban J connectivity index is 2.01. The van der Waals surface area contributed by atoms with E-state index in [4.69, 9.17) is 11.6 Å². The third kappa shape index (κ3) is 2.96. The van der Waals surface area contributed by atoms with Crippen molar-refractivity contribution < 1.29 is 0 Å². The summed E-state index contributed by atoms with van der Waals surface area (Å²) in [4.78, 5) is 8.79. The molecule has 0 aliphatic carbocycles. The molecule has 0 radical (unpaired) electrons. The second kappa shape index (κ2) is 5.67. The molecule has 2 aromatic heterocycles. The van der Waals surface area contributed by atoms with Crippen molar-refractivity contribution in [1.82, 2.24) is 24.9 Å². The van der Waals surface area contributed by atoms with Gasteiger partial charge in [-0.25, -0.2) is 4.98 Å². The van der Waals surface area contributed by atoms with Crippen molar-refractivity contribution in [2.75, 3.05) is 12.4 Å². The molecule has 0 fully saturated rings. The van der Waals surface area contributed by atoms with Crippen molar-refractivity contribution in [3.8, 4) is 0 Å². The molecule has 0 bridgehead atoms. The Labute approximate surface area is 127 Å². The average Bonchev–Trinajstić information content (AvgIpc) is 2.84. The molecule has 1 aromatic carbocycles. The van der Waals surface area contributed by atoms with Crippen molar-refractivity contribution in [2.45, 2.75) is 13.5 Å². The molecule has 0 atom stereocenters. The number of hydrogen-bond acceptors (Lipinski definition) is 5. The highest BCUT2D eigenvalue weighted by Gasteiger charge is 2.09. The van der Waals surface area contributed by atoms with Crippen LogP contribution in [0.5, 0.6) is 0 Å². The van der Waals surface area contributed by atoms with E-state index in [0.717, 1.165) is 17.2 Å². The second-order valence-corrected chi connectivity index (χ2v) is 5.12. The van der Waals surface area contributed by atoms with Crippen LogP contribution in [-0.2, 0) is 6.54 Å². The predicted molar refractivity (Wildman–Crippen MR) is 83.0 cm³/mol. The molecule has 0 spiro atoms. The highest BCUT2D eigenvalue weighted by atomic mass is 35.5. The minimum atomic E-state index is 0.580. The highest BCUT2D eigenvalue weighted by molar-refractivity contribution is 6.30. The molecule has 3 rings (SSSR count). The summed E-state index contributed by atoms with van der Waals surface area (Å²) in [7, 11) is 1.86. The molecule has 6 nitrogen and oxygen atoms in total. The van der Waals surface area contributed by atoms with E-state index in [1.807, 2.05) is 44.3 Å². The molecule has 3 aromatic rings. The number of nitrogens with one attached hydrogen (secondary N) is 2. The van der Waals surface area contributed by atoms with Crippen molar-refractivity contribution in [3.63, 3.8) is 0 Å². The van der Waals surface area contributed by atoms with Gasteiger partial charge in [0.1, 0.15) is 5.82 Å². The minimum Gasteiger partial charge on any atom is -0.340 e. The van der Waals surface area contributed by atoms with Crippen LogP contribution >= 0.6 is 11.6 Å². The molecular weight excluding hydrogens is 288 g/mol. The number of anilines is 2. The zero-order valence-electron chi connectivity index (χ0n) is 11.8. The zero-order chi connectivity index (χ0) is 14.8. The number of fused-ring (bicyclic) bond motifs is 1. The zero-order valence-corrected chi connectivity index (χ0v) is 12.5. The van der Waals surface area contributed by atoms with E-state index in [2.05, 4.69) is 25.7 Å². The van der Waals surface area contributed by atoms with Gasteiger partial charge in [0.15, 0.2) is 5.82 Å². The standard InChI is InChI=1S/C14H15ClN6/c1-9-7-13(18-11-5-3-10(15)4-6-11)21-14(17-9)19-12(20-21)8-16-2/h3-7,16,18H,8H2,1-2H3. The summed E-state index contributed by atoms with van der Waals surface area (Å²) in [5, 5.41) is 11.5. The average molecular weight is 303 g/mol. The van der Waals surface area contributed by atoms with Crippen molar-refractivity contribution in [3.05, 3.63) is 46.9 Å². The van der Waals surface area contributed by atoms with E-state index >= 15 is 0 Å². The van der Waals surface area contributed by atoms with Crippen LogP contribution in [0.1, 0.15) is 11.5 Å². The lowest BCUT2D eigenvalue weighted by atomic mass is 10.3. The lowest BCUT2D eigenvalue weighted by Crippen LogP contribution is -2.07. The third-order valence-electron chi connectivity index (χ3n) is 2.94. The molecule has 2 N–H and O–H groups in total. The summed E-state index contributed by atoms with van der Waals surface area (Å²) < 4.78 is 1.70. The van der Waals surface area contributed by atoms with Crippen LogP contribution in [0.15, 0.2) is 30.3 Å². The minimum absolute atomic E-state index is 0.580. The van der Waals surface area contributed by atoms with Gasteiger partial charge in [-0.05, 0) is 38.2 Å². The summed E-state index contributed by atoms with van der Waals surface area (Å²) in [6, 6.07) is 9.43. The smallest absolute Gasteiger partial charge is 0.254 e. The van der Waals surface area contributed by atoms with Crippen LogP contribution < -0.4 is 10.6 Å². The monoisotopic (exact) mass is 302 g/mol. The van der Waals surface area contributed by atoms with Crippen LogP contribution in [0.3, 0.4) is 0 Å². The van der Waals surface area contributed by atoms with E-state index in [-0.39, 0.29) is 0 Å². The fourth-order valence-electron chi connectivity index (χ4n) is 2.03. The number of aryl methyl sites for hydroxylation is 1. The molecule has 0 amide bonds. The van der Waals surface area contributed by atoms with E-state index in [1.54, 1.807) is 4.52 Å². The van der Waals surface area contributed by atoms with Crippen molar-refractivity contribution in [2.24, 2.45) is 0 Å². The topological polar surface area (TPSA) is 67.1 Å². The molecule has 2 heterocycles. The van der Waals surface area contributed by atoms with Crippen LogP contribution in [0.25, 0.3) is 5.78 Å². The normalized spacial score (nSPS) is 11.0. The maximum absolute atomic E-state index is 5.90. The van der Waals surface area contributed by atoms with Crippen molar-refractivity contribution >= 4 is 28.9 Å². The summed E-state index contributed by atoms with van der Waals surface area (Å²) >= 11 is 5.90. The second-order valence-electron chi connectivity index (χ2n) is 4.68. The summed E-state index contributed by atoms with van der Waals surface area (Å²) in [6.45, 7) is 2.53. The molecular formula is C14H15ClN6. The number of nitrogens with zero attached hydrogens (tertiary/aromatic N) is 4. The number of rotatable bonds is 4. The van der Waals surface area contributed by atoms with E-state index in [0.29, 0.717) is 23.2 Å². The SMILES string of the molecule is CNCc1nc2nc(C)cc(Nc3ccc(Cl)cc3)n2n1. The van der Waals surface area contributed by atoms with E-state index < -0.39 is 0 Å². The fourth-order valence-corrected chi connectivity index (χ4v) is 2.16. The number of aromatic nitrogens is 4. The van der Waals surface area contributed by atoms with Gasteiger partial charge in [-0.3, -0.25) is 0 Å². The Morgan fingerprint density at radius 3 is 2.67 bits per heavy atom. The summed E-state index contributed by atoms with van der Waals surface area (Å²) in [5.74, 6) is 2.10.